The molecule has 0 saturated carbocycles. The van der Waals surface area contributed by atoms with Gasteiger partial charge in [-0.05, 0) is 48.1 Å². The smallest absolute Gasteiger partial charge is 0.186 e. The Bertz CT molecular complexity index is 892. The van der Waals surface area contributed by atoms with Gasteiger partial charge in [-0.15, -0.1) is 0 Å². The molecule has 2 aromatic carbocycles. The molecule has 1 unspecified atom stereocenters. The van der Waals surface area contributed by atoms with E-state index >= 15 is 0 Å². The fourth-order valence-electron chi connectivity index (χ4n) is 3.95. The molecule has 4 rings (SSSR count). The van der Waals surface area contributed by atoms with Gasteiger partial charge < -0.3 is 19.5 Å². The lowest BCUT2D eigenvalue weighted by atomic mass is 9.93. The maximum Gasteiger partial charge on any atom is 0.186 e. The van der Waals surface area contributed by atoms with Gasteiger partial charge in [0.15, 0.2) is 5.90 Å². The molecule has 0 radical (unpaired) electrons. The molecular weight excluding hydrogens is 390 g/mol. The van der Waals surface area contributed by atoms with E-state index < -0.39 is 0 Å². The number of rotatable bonds is 9. The monoisotopic (exact) mass is 421 g/mol. The Balaban J connectivity index is 1.26. The normalized spacial score (nSPS) is 18.1. The van der Waals surface area contributed by atoms with Crippen LogP contribution in [0.4, 0.5) is 5.69 Å². The molecule has 0 bridgehead atoms. The second kappa shape index (κ2) is 11.1. The molecular formula is C25H31N3O3. The molecule has 2 aliphatic rings. The van der Waals surface area contributed by atoms with E-state index in [4.69, 9.17) is 19.6 Å². The Hall–Kier alpha value is -2.70. The van der Waals surface area contributed by atoms with Crippen molar-refractivity contribution in [3.63, 3.8) is 0 Å². The minimum atomic E-state index is -0.0892. The van der Waals surface area contributed by atoms with Crippen LogP contribution in [0.5, 0.6) is 0 Å². The number of aliphatic imine (C=N–C) groups is 1. The van der Waals surface area contributed by atoms with Crippen LogP contribution in [0, 0.1) is 5.41 Å². The SMILES string of the molecule is N=C(CC1=NCCc2cc(CCCNc3ccccc3)ccc21)OCC1COCCO1. The van der Waals surface area contributed by atoms with Crippen LogP contribution >= 0.6 is 0 Å². The van der Waals surface area contributed by atoms with Crippen LogP contribution < -0.4 is 5.32 Å². The van der Waals surface area contributed by atoms with Gasteiger partial charge in [-0.25, -0.2) is 0 Å². The fourth-order valence-corrected chi connectivity index (χ4v) is 3.95. The molecule has 0 amide bonds. The second-order valence-corrected chi connectivity index (χ2v) is 7.94. The predicted octanol–water partition coefficient (Wildman–Crippen LogP) is 3.88. The quantitative estimate of drug-likeness (QED) is 0.366. The third kappa shape index (κ3) is 6.39. The minimum Gasteiger partial charge on any atom is -0.478 e. The summed E-state index contributed by atoms with van der Waals surface area (Å²) in [7, 11) is 0. The Morgan fingerprint density at radius 1 is 1.16 bits per heavy atom. The van der Waals surface area contributed by atoms with Crippen LogP contribution in [0.2, 0.25) is 0 Å². The summed E-state index contributed by atoms with van der Waals surface area (Å²) in [6.45, 7) is 3.83. The van der Waals surface area contributed by atoms with Crippen LogP contribution in [0.25, 0.3) is 0 Å². The number of anilines is 1. The summed E-state index contributed by atoms with van der Waals surface area (Å²) in [5.41, 5.74) is 5.96. The van der Waals surface area contributed by atoms with Crippen molar-refractivity contribution in [3.05, 3.63) is 65.2 Å². The zero-order chi connectivity index (χ0) is 21.3. The average Bonchev–Trinajstić information content (AvgIpc) is 2.82. The highest BCUT2D eigenvalue weighted by Crippen LogP contribution is 2.21. The third-order valence-electron chi connectivity index (χ3n) is 5.57. The number of fused-ring (bicyclic) bond motifs is 1. The first-order chi connectivity index (χ1) is 15.3. The topological polar surface area (TPSA) is 75.9 Å². The molecule has 164 valence electrons. The minimum absolute atomic E-state index is 0.0892. The van der Waals surface area contributed by atoms with Crippen LogP contribution in [0.15, 0.2) is 53.5 Å². The van der Waals surface area contributed by atoms with Crippen molar-refractivity contribution in [2.45, 2.75) is 31.8 Å². The van der Waals surface area contributed by atoms with E-state index in [0.29, 0.717) is 32.8 Å². The van der Waals surface area contributed by atoms with E-state index in [1.54, 1.807) is 0 Å². The highest BCUT2D eigenvalue weighted by atomic mass is 16.6. The zero-order valence-electron chi connectivity index (χ0n) is 17.9. The number of benzene rings is 2. The van der Waals surface area contributed by atoms with E-state index in [2.05, 4.69) is 40.6 Å². The number of aryl methyl sites for hydroxylation is 1. The van der Waals surface area contributed by atoms with Gasteiger partial charge in [0.2, 0.25) is 0 Å². The van der Waals surface area contributed by atoms with Gasteiger partial charge in [-0.2, -0.15) is 0 Å². The molecule has 2 aromatic rings. The van der Waals surface area contributed by atoms with E-state index in [9.17, 15) is 0 Å². The van der Waals surface area contributed by atoms with Gasteiger partial charge in [-0.3, -0.25) is 10.4 Å². The third-order valence-corrected chi connectivity index (χ3v) is 5.57. The summed E-state index contributed by atoms with van der Waals surface area (Å²) < 4.78 is 16.6. The van der Waals surface area contributed by atoms with Crippen molar-refractivity contribution < 1.29 is 14.2 Å². The molecule has 2 aliphatic heterocycles. The zero-order valence-corrected chi connectivity index (χ0v) is 17.9. The Morgan fingerprint density at radius 3 is 2.90 bits per heavy atom. The summed E-state index contributed by atoms with van der Waals surface area (Å²) >= 11 is 0. The highest BCUT2D eigenvalue weighted by Gasteiger charge is 2.19. The largest absolute Gasteiger partial charge is 0.478 e. The van der Waals surface area contributed by atoms with Gasteiger partial charge >= 0.3 is 0 Å². The van der Waals surface area contributed by atoms with Crippen molar-refractivity contribution in [3.8, 4) is 0 Å². The molecule has 6 nitrogen and oxygen atoms in total. The molecule has 0 aliphatic carbocycles. The molecule has 2 N–H and O–H groups in total. The molecule has 0 aromatic heterocycles. The summed E-state index contributed by atoms with van der Waals surface area (Å²) in [4.78, 5) is 4.67. The average molecular weight is 422 g/mol. The van der Waals surface area contributed by atoms with E-state index in [-0.39, 0.29) is 12.0 Å². The fraction of sp³-hybridized carbons (Fsp3) is 0.440. The summed E-state index contributed by atoms with van der Waals surface area (Å²) in [5.74, 6) is 0.233. The van der Waals surface area contributed by atoms with Gasteiger partial charge in [0.05, 0.1) is 32.0 Å². The standard InChI is InChI=1S/C25H31N3O3/c26-25(31-18-22-17-29-13-14-30-22)16-24-23-9-8-19(15-20(23)10-12-28-24)5-4-11-27-21-6-2-1-3-7-21/h1-3,6-9,15,22,26-27H,4-5,10-14,16-18H2. The Kier molecular flexibility index (Phi) is 7.69. The molecule has 31 heavy (non-hydrogen) atoms. The van der Waals surface area contributed by atoms with Gasteiger partial charge in [0.25, 0.3) is 0 Å². The van der Waals surface area contributed by atoms with E-state index in [1.807, 2.05) is 18.2 Å². The Labute approximate surface area is 184 Å². The van der Waals surface area contributed by atoms with Crippen LogP contribution in [-0.2, 0) is 27.1 Å². The number of ether oxygens (including phenoxy) is 3. The predicted molar refractivity (Wildman–Crippen MR) is 124 cm³/mol. The van der Waals surface area contributed by atoms with Crippen molar-refractivity contribution in [1.29, 1.82) is 5.41 Å². The molecule has 6 heteroatoms. The lowest BCUT2D eigenvalue weighted by Gasteiger charge is -2.23. The summed E-state index contributed by atoms with van der Waals surface area (Å²) in [6, 6.07) is 17.0. The maximum atomic E-state index is 8.20. The Morgan fingerprint density at radius 2 is 2.06 bits per heavy atom. The first kappa shape index (κ1) is 21.5. The van der Waals surface area contributed by atoms with Crippen LogP contribution in [0.3, 0.4) is 0 Å². The number of para-hydroxylation sites is 1. The maximum absolute atomic E-state index is 8.20. The summed E-state index contributed by atoms with van der Waals surface area (Å²) in [5, 5.41) is 11.7. The van der Waals surface area contributed by atoms with Crippen molar-refractivity contribution >= 4 is 17.3 Å². The van der Waals surface area contributed by atoms with E-state index in [1.165, 1.54) is 16.8 Å². The molecule has 0 spiro atoms. The number of hydrogen-bond donors (Lipinski definition) is 2. The number of nitrogens with zero attached hydrogens (tertiary/aromatic N) is 1. The van der Waals surface area contributed by atoms with Crippen molar-refractivity contribution in [1.82, 2.24) is 0 Å². The number of hydrogen-bond acceptors (Lipinski definition) is 6. The van der Waals surface area contributed by atoms with Crippen LogP contribution in [-0.4, -0.2) is 57.2 Å². The molecule has 2 heterocycles. The van der Waals surface area contributed by atoms with Crippen molar-refractivity contribution in [2.24, 2.45) is 4.99 Å². The first-order valence-corrected chi connectivity index (χ1v) is 11.1. The van der Waals surface area contributed by atoms with Gasteiger partial charge in [0.1, 0.15) is 12.7 Å². The van der Waals surface area contributed by atoms with E-state index in [0.717, 1.165) is 43.6 Å². The van der Waals surface area contributed by atoms with Crippen LogP contribution in [0.1, 0.15) is 29.5 Å². The summed E-state index contributed by atoms with van der Waals surface area (Å²) in [6.07, 6.45) is 3.41. The molecule has 1 atom stereocenters. The molecule has 1 fully saturated rings. The van der Waals surface area contributed by atoms with Gasteiger partial charge in [0, 0.05) is 18.8 Å². The lowest BCUT2D eigenvalue weighted by molar-refractivity contribution is -0.103. The first-order valence-electron chi connectivity index (χ1n) is 11.1. The lowest BCUT2D eigenvalue weighted by Crippen LogP contribution is -2.33. The highest BCUT2D eigenvalue weighted by molar-refractivity contribution is 6.11. The second-order valence-electron chi connectivity index (χ2n) is 7.94. The number of nitrogens with one attached hydrogen (secondary N) is 2. The van der Waals surface area contributed by atoms with Gasteiger partial charge in [-0.1, -0.05) is 36.4 Å². The molecule has 1 saturated heterocycles. The van der Waals surface area contributed by atoms with Crippen molar-refractivity contribution in [2.75, 3.05) is 44.8 Å².